The van der Waals surface area contributed by atoms with Crippen LogP contribution in [0.15, 0.2) is 59.4 Å². The first-order valence-electron chi connectivity index (χ1n) is 12.5. The van der Waals surface area contributed by atoms with Gasteiger partial charge in [0.2, 0.25) is 0 Å². The zero-order valence-electron chi connectivity index (χ0n) is 20.4. The van der Waals surface area contributed by atoms with E-state index in [9.17, 15) is 14.7 Å². The fourth-order valence-corrected chi connectivity index (χ4v) is 4.75. The van der Waals surface area contributed by atoms with Gasteiger partial charge in [0.15, 0.2) is 6.29 Å². The molecule has 10 nitrogen and oxygen atoms in total. The monoisotopic (exact) mass is 506 g/mol. The molecule has 0 radical (unpaired) electrons. The van der Waals surface area contributed by atoms with Gasteiger partial charge in [0.05, 0.1) is 12.3 Å². The van der Waals surface area contributed by atoms with Gasteiger partial charge in [-0.1, -0.05) is 6.07 Å². The molecule has 2 fully saturated rings. The smallest absolute Gasteiger partial charge is 0.413 e. The predicted molar refractivity (Wildman–Crippen MR) is 136 cm³/mol. The van der Waals surface area contributed by atoms with Gasteiger partial charge in [0.1, 0.15) is 11.4 Å². The molecule has 2 aliphatic rings. The number of carboxylic acid groups (broad SMARTS) is 1. The summed E-state index contributed by atoms with van der Waals surface area (Å²) in [5.41, 5.74) is 5.05. The van der Waals surface area contributed by atoms with Crippen molar-refractivity contribution in [2.24, 2.45) is 0 Å². The third-order valence-electron chi connectivity index (χ3n) is 6.62. The molecule has 10 heteroatoms. The first-order valence-corrected chi connectivity index (χ1v) is 12.5. The van der Waals surface area contributed by atoms with E-state index in [0.717, 1.165) is 48.9 Å². The van der Waals surface area contributed by atoms with Gasteiger partial charge in [-0.25, -0.2) is 20.1 Å². The Morgan fingerprint density at radius 1 is 1.22 bits per heavy atom. The number of aromatic nitrogens is 1. The molecule has 2 aromatic heterocycles. The minimum absolute atomic E-state index is 0.200. The Morgan fingerprint density at radius 3 is 2.92 bits per heavy atom. The molecule has 0 aliphatic carbocycles. The summed E-state index contributed by atoms with van der Waals surface area (Å²) in [5, 5.41) is 11.0. The fraction of sp³-hybridized carbons (Fsp3) is 0.370. The van der Waals surface area contributed by atoms with Gasteiger partial charge < -0.3 is 14.3 Å². The lowest BCUT2D eigenvalue weighted by atomic mass is 10.1. The summed E-state index contributed by atoms with van der Waals surface area (Å²) < 4.78 is 10.8. The number of fused-ring (bicyclic) bond motifs is 1. The van der Waals surface area contributed by atoms with E-state index < -0.39 is 18.3 Å². The van der Waals surface area contributed by atoms with Gasteiger partial charge in [-0.2, -0.15) is 0 Å². The van der Waals surface area contributed by atoms with Crippen LogP contribution in [0.25, 0.3) is 17.0 Å². The summed E-state index contributed by atoms with van der Waals surface area (Å²) >= 11 is 0. The summed E-state index contributed by atoms with van der Waals surface area (Å²) in [6, 6.07) is 11.2. The van der Waals surface area contributed by atoms with Crippen LogP contribution in [0.4, 0.5) is 10.6 Å². The van der Waals surface area contributed by atoms with Gasteiger partial charge in [-0.15, -0.1) is 0 Å². The highest BCUT2D eigenvalue weighted by atomic mass is 16.8. The molecular formula is C27H30N4O6. The molecule has 2 amide bonds. The van der Waals surface area contributed by atoms with Crippen molar-refractivity contribution in [1.29, 1.82) is 0 Å². The summed E-state index contributed by atoms with van der Waals surface area (Å²) in [7, 11) is 0. The minimum Gasteiger partial charge on any atom is -0.465 e. The molecule has 1 aromatic carbocycles. The summed E-state index contributed by atoms with van der Waals surface area (Å²) in [6.45, 7) is 2.77. The summed E-state index contributed by atoms with van der Waals surface area (Å²) in [4.78, 5) is 37.4. The van der Waals surface area contributed by atoms with Crippen LogP contribution >= 0.6 is 0 Å². The molecule has 37 heavy (non-hydrogen) atoms. The van der Waals surface area contributed by atoms with E-state index in [1.807, 2.05) is 18.2 Å². The van der Waals surface area contributed by atoms with Crippen LogP contribution in [0.3, 0.4) is 0 Å². The third kappa shape index (κ3) is 6.34. The number of carbonyl (C=O) groups is 2. The Kier molecular flexibility index (Phi) is 7.79. The number of furan rings is 1. The second-order valence-corrected chi connectivity index (χ2v) is 9.29. The van der Waals surface area contributed by atoms with Crippen molar-refractivity contribution >= 4 is 34.9 Å². The molecule has 1 unspecified atom stereocenters. The molecule has 3 aromatic rings. The van der Waals surface area contributed by atoms with E-state index in [1.165, 1.54) is 11.0 Å². The van der Waals surface area contributed by atoms with E-state index in [0.29, 0.717) is 31.0 Å². The molecule has 4 heterocycles. The standard InChI is InChI=1S/C27H30N4O6/c32-25(29-37-26-3-1-2-13-36-26)9-6-19-5-8-24(28-16-19)31(27(33)34)22-10-12-30(18-22)17-20-4-7-23-21(15-20)11-14-35-23/h4-9,11,14-16,22,26H,1-3,10,12-13,17-18H2,(H,29,32)(H,33,34)/b9-6+/t22-,26?/m1/s1. The summed E-state index contributed by atoms with van der Waals surface area (Å²) in [6.07, 6.45) is 8.17. The number of hydrogen-bond acceptors (Lipinski definition) is 7. The lowest BCUT2D eigenvalue weighted by Gasteiger charge is -2.25. The number of ether oxygens (including phenoxy) is 1. The second kappa shape index (κ2) is 11.5. The highest BCUT2D eigenvalue weighted by Crippen LogP contribution is 2.25. The van der Waals surface area contributed by atoms with Crippen molar-refractivity contribution in [1.82, 2.24) is 15.4 Å². The first kappa shape index (κ1) is 24.9. The van der Waals surface area contributed by atoms with Crippen molar-refractivity contribution in [3.05, 3.63) is 66.1 Å². The molecule has 2 aliphatic heterocycles. The Hall–Kier alpha value is -3.73. The van der Waals surface area contributed by atoms with E-state index in [2.05, 4.69) is 21.4 Å². The fourth-order valence-electron chi connectivity index (χ4n) is 4.75. The number of anilines is 1. The molecule has 2 saturated heterocycles. The van der Waals surface area contributed by atoms with Crippen LogP contribution < -0.4 is 10.4 Å². The number of nitrogens with zero attached hydrogens (tertiary/aromatic N) is 3. The van der Waals surface area contributed by atoms with Gasteiger partial charge >= 0.3 is 6.09 Å². The number of pyridine rings is 1. The number of amides is 2. The minimum atomic E-state index is -1.04. The predicted octanol–water partition coefficient (Wildman–Crippen LogP) is 4.17. The van der Waals surface area contributed by atoms with Crippen molar-refractivity contribution in [3.8, 4) is 0 Å². The number of hydroxylamine groups is 1. The average Bonchev–Trinajstić information content (AvgIpc) is 3.57. The van der Waals surface area contributed by atoms with E-state index in [4.69, 9.17) is 14.0 Å². The van der Waals surface area contributed by atoms with Gasteiger partial charge in [0.25, 0.3) is 5.91 Å². The molecule has 5 rings (SSSR count). The topological polar surface area (TPSA) is 117 Å². The van der Waals surface area contributed by atoms with Crippen LogP contribution in [-0.4, -0.2) is 59.0 Å². The number of nitrogens with one attached hydrogen (secondary N) is 1. The average molecular weight is 507 g/mol. The maximum Gasteiger partial charge on any atom is 0.413 e. The largest absolute Gasteiger partial charge is 0.465 e. The van der Waals surface area contributed by atoms with Crippen LogP contribution in [0.5, 0.6) is 0 Å². The Labute approximate surface area is 214 Å². The zero-order valence-corrected chi connectivity index (χ0v) is 20.4. The molecule has 0 bridgehead atoms. The van der Waals surface area contributed by atoms with E-state index in [-0.39, 0.29) is 6.04 Å². The lowest BCUT2D eigenvalue weighted by molar-refractivity contribution is -0.198. The van der Waals surface area contributed by atoms with Crippen LogP contribution in [0.1, 0.15) is 36.8 Å². The molecular weight excluding hydrogens is 476 g/mol. The maximum atomic E-state index is 12.1. The van der Waals surface area contributed by atoms with Gasteiger partial charge in [0, 0.05) is 50.3 Å². The highest BCUT2D eigenvalue weighted by molar-refractivity contribution is 5.91. The first-order chi connectivity index (χ1) is 18.0. The quantitative estimate of drug-likeness (QED) is 0.345. The Morgan fingerprint density at radius 2 is 2.14 bits per heavy atom. The highest BCUT2D eigenvalue weighted by Gasteiger charge is 2.32. The van der Waals surface area contributed by atoms with Crippen LogP contribution in [-0.2, 0) is 20.9 Å². The van der Waals surface area contributed by atoms with Crippen molar-refractivity contribution < 1.29 is 28.7 Å². The zero-order chi connectivity index (χ0) is 25.6. The van der Waals surface area contributed by atoms with Crippen LogP contribution in [0, 0.1) is 0 Å². The van der Waals surface area contributed by atoms with E-state index >= 15 is 0 Å². The summed E-state index contributed by atoms with van der Waals surface area (Å²) in [5.74, 6) is -0.0538. The number of benzene rings is 1. The SMILES string of the molecule is O=C(/C=C/c1ccc(N(C(=O)O)[C@@H]2CCN(Cc3ccc4occc4c3)C2)nc1)NOC1CCCCO1. The van der Waals surface area contributed by atoms with Crippen molar-refractivity contribution in [3.63, 3.8) is 0 Å². The Balaban J connectivity index is 1.16. The maximum absolute atomic E-state index is 12.1. The normalized spacial score (nSPS) is 20.4. The number of likely N-dealkylation sites (tertiary alicyclic amines) is 1. The van der Waals surface area contributed by atoms with Gasteiger partial charge in [-0.3, -0.25) is 14.6 Å². The Bertz CT molecular complexity index is 1250. The molecule has 2 N–H and O–H groups in total. The van der Waals surface area contributed by atoms with Crippen molar-refractivity contribution in [2.45, 2.75) is 44.6 Å². The molecule has 0 saturated carbocycles. The molecule has 0 spiro atoms. The molecule has 194 valence electrons. The second-order valence-electron chi connectivity index (χ2n) is 9.29. The third-order valence-corrected chi connectivity index (χ3v) is 6.62. The van der Waals surface area contributed by atoms with Crippen molar-refractivity contribution in [2.75, 3.05) is 24.6 Å². The van der Waals surface area contributed by atoms with Crippen LogP contribution in [0.2, 0.25) is 0 Å². The van der Waals surface area contributed by atoms with Gasteiger partial charge in [-0.05, 0) is 66.8 Å². The number of carbonyl (C=O) groups excluding carboxylic acids is 1. The number of hydrogen-bond donors (Lipinski definition) is 2. The van der Waals surface area contributed by atoms with E-state index in [1.54, 1.807) is 30.7 Å². The molecule has 2 atom stereocenters. The lowest BCUT2D eigenvalue weighted by Crippen LogP contribution is -2.41. The number of rotatable bonds is 8.